The van der Waals surface area contributed by atoms with Gasteiger partial charge in [-0.05, 0) is 55.5 Å². The van der Waals surface area contributed by atoms with Crippen molar-refractivity contribution < 1.29 is 23.8 Å². The minimum Gasteiger partial charge on any atom is -0.496 e. The van der Waals surface area contributed by atoms with Crippen LogP contribution in [0.1, 0.15) is 23.1 Å². The van der Waals surface area contributed by atoms with Crippen molar-refractivity contribution in [3.05, 3.63) is 39.2 Å². The summed E-state index contributed by atoms with van der Waals surface area (Å²) in [4.78, 5) is 36.0. The Labute approximate surface area is 161 Å². The van der Waals surface area contributed by atoms with E-state index < -0.39 is 23.5 Å². The van der Waals surface area contributed by atoms with Gasteiger partial charge < -0.3 is 19.6 Å². The van der Waals surface area contributed by atoms with Gasteiger partial charge in [-0.1, -0.05) is 0 Å². The van der Waals surface area contributed by atoms with Crippen molar-refractivity contribution in [2.75, 3.05) is 19.1 Å². The molecule has 146 valence electrons. The molecule has 1 aromatic heterocycles. The van der Waals surface area contributed by atoms with Gasteiger partial charge in [0.25, 0.3) is 0 Å². The number of nitrogens with one attached hydrogen (secondary N) is 1. The van der Waals surface area contributed by atoms with Crippen LogP contribution in [0.2, 0.25) is 0 Å². The van der Waals surface area contributed by atoms with E-state index >= 15 is 0 Å². The SMILES string of the molecule is COc1cc(C)cc2oc(=O)c(CC(=O)N[C@H](CCSC)C(=O)O)c(C)c12. The summed E-state index contributed by atoms with van der Waals surface area (Å²) in [5.74, 6) is -0.484. The number of carboxylic acid groups (broad SMARTS) is 1. The quantitative estimate of drug-likeness (QED) is 0.663. The average molecular weight is 393 g/mol. The predicted molar refractivity (Wildman–Crippen MR) is 105 cm³/mol. The first-order valence-corrected chi connectivity index (χ1v) is 9.79. The maximum Gasteiger partial charge on any atom is 0.340 e. The van der Waals surface area contributed by atoms with Crippen LogP contribution in [-0.4, -0.2) is 42.1 Å². The first-order valence-electron chi connectivity index (χ1n) is 8.40. The number of rotatable bonds is 8. The molecule has 0 fully saturated rings. The zero-order chi connectivity index (χ0) is 20.1. The van der Waals surface area contributed by atoms with Crippen LogP contribution in [0.5, 0.6) is 5.75 Å². The predicted octanol–water partition coefficient (Wildman–Crippen LogP) is 2.28. The Balaban J connectivity index is 2.35. The molecule has 0 aliphatic rings. The minimum absolute atomic E-state index is 0.191. The molecule has 1 amide bonds. The average Bonchev–Trinajstić information content (AvgIpc) is 2.60. The van der Waals surface area contributed by atoms with Crippen molar-refractivity contribution in [3.63, 3.8) is 0 Å². The van der Waals surface area contributed by atoms with E-state index in [4.69, 9.17) is 9.15 Å². The van der Waals surface area contributed by atoms with E-state index in [2.05, 4.69) is 5.32 Å². The Morgan fingerprint density at radius 2 is 2.04 bits per heavy atom. The van der Waals surface area contributed by atoms with Crippen molar-refractivity contribution in [1.29, 1.82) is 0 Å². The molecule has 7 nitrogen and oxygen atoms in total. The number of thioether (sulfide) groups is 1. The first-order chi connectivity index (χ1) is 12.8. The van der Waals surface area contributed by atoms with E-state index in [0.717, 1.165) is 5.56 Å². The summed E-state index contributed by atoms with van der Waals surface area (Å²) in [7, 11) is 1.52. The van der Waals surface area contributed by atoms with Gasteiger partial charge in [-0.25, -0.2) is 9.59 Å². The third-order valence-electron chi connectivity index (χ3n) is 4.29. The molecular weight excluding hydrogens is 370 g/mol. The van der Waals surface area contributed by atoms with Crippen molar-refractivity contribution in [2.24, 2.45) is 0 Å². The number of hydrogen-bond donors (Lipinski definition) is 2. The van der Waals surface area contributed by atoms with E-state index in [0.29, 0.717) is 34.5 Å². The molecule has 0 saturated heterocycles. The van der Waals surface area contributed by atoms with Gasteiger partial charge in [0.15, 0.2) is 0 Å². The molecule has 2 N–H and O–H groups in total. The molecule has 0 spiro atoms. The summed E-state index contributed by atoms with van der Waals surface area (Å²) < 4.78 is 10.8. The molecule has 0 unspecified atom stereocenters. The van der Waals surface area contributed by atoms with Crippen molar-refractivity contribution >= 4 is 34.6 Å². The lowest BCUT2D eigenvalue weighted by Crippen LogP contribution is -2.42. The number of aliphatic carboxylic acids is 1. The summed E-state index contributed by atoms with van der Waals surface area (Å²) in [6, 6.07) is 2.57. The van der Waals surface area contributed by atoms with Gasteiger partial charge >= 0.3 is 11.6 Å². The van der Waals surface area contributed by atoms with Crippen molar-refractivity contribution in [2.45, 2.75) is 32.7 Å². The Bertz CT molecular complexity index is 921. The Hall–Kier alpha value is -2.48. The van der Waals surface area contributed by atoms with Crippen LogP contribution in [-0.2, 0) is 16.0 Å². The van der Waals surface area contributed by atoms with Crippen LogP contribution in [0, 0.1) is 13.8 Å². The second kappa shape index (κ2) is 8.94. The highest BCUT2D eigenvalue weighted by atomic mass is 32.2. The molecular formula is C19H23NO6S. The lowest BCUT2D eigenvalue weighted by Gasteiger charge is -2.15. The van der Waals surface area contributed by atoms with Crippen molar-refractivity contribution in [3.8, 4) is 5.75 Å². The number of hydrogen-bond acceptors (Lipinski definition) is 6. The van der Waals surface area contributed by atoms with Gasteiger partial charge in [-0.15, -0.1) is 0 Å². The molecule has 27 heavy (non-hydrogen) atoms. The van der Waals surface area contributed by atoms with Crippen molar-refractivity contribution in [1.82, 2.24) is 5.32 Å². The van der Waals surface area contributed by atoms with Gasteiger partial charge in [0.1, 0.15) is 17.4 Å². The van der Waals surface area contributed by atoms with Gasteiger partial charge in [-0.3, -0.25) is 4.79 Å². The van der Waals surface area contributed by atoms with E-state index in [1.807, 2.05) is 19.2 Å². The molecule has 1 aromatic carbocycles. The standard InChI is InChI=1S/C19H23NO6S/c1-10-7-14(25-3)17-11(2)12(19(24)26-15(17)8-10)9-16(21)20-13(18(22)23)5-6-27-4/h7-8,13H,5-6,9H2,1-4H3,(H,20,21)(H,22,23)/t13-/m1/s1. The van der Waals surface area contributed by atoms with Crippen LogP contribution in [0.4, 0.5) is 0 Å². The van der Waals surface area contributed by atoms with E-state index in [1.165, 1.54) is 18.9 Å². The minimum atomic E-state index is -1.10. The molecule has 1 atom stereocenters. The van der Waals surface area contributed by atoms with Gasteiger partial charge in [0, 0.05) is 0 Å². The normalized spacial score (nSPS) is 12.0. The smallest absolute Gasteiger partial charge is 0.340 e. The maximum absolute atomic E-state index is 12.4. The first kappa shape index (κ1) is 20.8. The topological polar surface area (TPSA) is 106 Å². The molecule has 0 radical (unpaired) electrons. The fourth-order valence-electron chi connectivity index (χ4n) is 2.90. The highest BCUT2D eigenvalue weighted by Gasteiger charge is 2.22. The number of carbonyl (C=O) groups excluding carboxylic acids is 1. The number of aryl methyl sites for hydroxylation is 2. The largest absolute Gasteiger partial charge is 0.496 e. The molecule has 1 heterocycles. The molecule has 0 aliphatic heterocycles. The van der Waals surface area contributed by atoms with Crippen LogP contribution >= 0.6 is 11.8 Å². The molecule has 0 saturated carbocycles. The molecule has 8 heteroatoms. The zero-order valence-corrected chi connectivity index (χ0v) is 16.6. The van der Waals surface area contributed by atoms with E-state index in [-0.39, 0.29) is 12.0 Å². The number of carbonyl (C=O) groups is 2. The number of amides is 1. The third-order valence-corrected chi connectivity index (χ3v) is 4.93. The summed E-state index contributed by atoms with van der Waals surface area (Å²) in [6.07, 6.45) is 1.91. The Morgan fingerprint density at radius 1 is 1.33 bits per heavy atom. The second-order valence-electron chi connectivity index (χ2n) is 6.25. The monoisotopic (exact) mass is 393 g/mol. The van der Waals surface area contributed by atoms with Gasteiger partial charge in [-0.2, -0.15) is 11.8 Å². The summed E-state index contributed by atoms with van der Waals surface area (Å²) in [5, 5.41) is 12.3. The molecule has 2 rings (SSSR count). The fourth-order valence-corrected chi connectivity index (χ4v) is 3.37. The number of ether oxygens (including phenoxy) is 1. The Morgan fingerprint density at radius 3 is 2.63 bits per heavy atom. The molecule has 2 aromatic rings. The second-order valence-corrected chi connectivity index (χ2v) is 7.24. The molecule has 0 bridgehead atoms. The third kappa shape index (κ3) is 4.82. The van der Waals surface area contributed by atoms with Crippen LogP contribution in [0.25, 0.3) is 11.0 Å². The van der Waals surface area contributed by atoms with E-state index in [1.54, 1.807) is 13.0 Å². The lowest BCUT2D eigenvalue weighted by atomic mass is 10.0. The number of carboxylic acids is 1. The summed E-state index contributed by atoms with van der Waals surface area (Å²) >= 11 is 1.50. The number of benzene rings is 1. The maximum atomic E-state index is 12.4. The summed E-state index contributed by atoms with van der Waals surface area (Å²) in [5.41, 5.74) is 1.44. The lowest BCUT2D eigenvalue weighted by molar-refractivity contribution is -0.141. The number of fused-ring (bicyclic) bond motifs is 1. The van der Waals surface area contributed by atoms with Crippen LogP contribution in [0.15, 0.2) is 21.3 Å². The van der Waals surface area contributed by atoms with Crippen LogP contribution < -0.4 is 15.7 Å². The Kier molecular flexibility index (Phi) is 6.90. The molecule has 0 aliphatic carbocycles. The number of methoxy groups -OCH3 is 1. The highest BCUT2D eigenvalue weighted by Crippen LogP contribution is 2.30. The van der Waals surface area contributed by atoms with Crippen LogP contribution in [0.3, 0.4) is 0 Å². The zero-order valence-electron chi connectivity index (χ0n) is 15.8. The highest BCUT2D eigenvalue weighted by molar-refractivity contribution is 7.98. The summed E-state index contributed by atoms with van der Waals surface area (Å²) in [6.45, 7) is 3.58. The fraction of sp³-hybridized carbons (Fsp3) is 0.421. The van der Waals surface area contributed by atoms with E-state index in [9.17, 15) is 19.5 Å². The van der Waals surface area contributed by atoms with Gasteiger partial charge in [0.2, 0.25) is 5.91 Å². The van der Waals surface area contributed by atoms with Gasteiger partial charge in [0.05, 0.1) is 24.5 Å².